The van der Waals surface area contributed by atoms with E-state index in [1.54, 1.807) is 36.8 Å². The Bertz CT molecular complexity index is 1480. The standard InChI is InChI=1S/C33H42FN7O4/c1-21(2)44-26-17-24(6-12-35)41(20-26)32-37-18-23(19-38-32)22-7-13-36-29(16-22)39-27-4-3-5-28(30(27)34)45-25-8-14-40(15-9-25)33(10-11-33)31(42)43/h3-5,7,13,16,18-19,21,24-26H,6,8-12,14-15,17,20,35H2,1-2H3,(H,36,39)(H,42,43). The molecule has 4 N–H and O–H groups in total. The fraction of sp³-hybridized carbons (Fsp3) is 0.515. The van der Waals surface area contributed by atoms with Crippen LogP contribution in [0, 0.1) is 5.82 Å². The van der Waals surface area contributed by atoms with Crippen molar-refractivity contribution in [3.8, 4) is 16.9 Å². The molecule has 0 spiro atoms. The first-order valence-corrected chi connectivity index (χ1v) is 15.9. The summed E-state index contributed by atoms with van der Waals surface area (Å²) in [4.78, 5) is 29.6. The maximum Gasteiger partial charge on any atom is 0.324 e. The minimum absolute atomic E-state index is 0.120. The molecule has 3 fully saturated rings. The summed E-state index contributed by atoms with van der Waals surface area (Å²) in [5.74, 6) is 0.0342. The van der Waals surface area contributed by atoms with Gasteiger partial charge in [0, 0.05) is 49.8 Å². The fourth-order valence-corrected chi connectivity index (χ4v) is 6.57. The van der Waals surface area contributed by atoms with Crippen molar-refractivity contribution in [1.82, 2.24) is 19.9 Å². The van der Waals surface area contributed by atoms with E-state index in [0.29, 0.717) is 57.1 Å². The molecule has 240 valence electrons. The number of hydrogen-bond acceptors (Lipinski definition) is 10. The van der Waals surface area contributed by atoms with Crippen LogP contribution in [-0.2, 0) is 9.53 Å². The Balaban J connectivity index is 1.09. The third kappa shape index (κ3) is 6.87. The van der Waals surface area contributed by atoms with Gasteiger partial charge in [-0.1, -0.05) is 6.07 Å². The Morgan fingerprint density at radius 3 is 2.56 bits per heavy atom. The van der Waals surface area contributed by atoms with Crippen LogP contribution in [0.5, 0.6) is 5.75 Å². The molecule has 12 heteroatoms. The third-order valence-electron chi connectivity index (χ3n) is 9.02. The van der Waals surface area contributed by atoms with Crippen molar-refractivity contribution in [2.24, 2.45) is 5.73 Å². The number of pyridine rings is 1. The van der Waals surface area contributed by atoms with Gasteiger partial charge in [-0.2, -0.15) is 0 Å². The second kappa shape index (κ2) is 13.2. The quantitative estimate of drug-likeness (QED) is 0.262. The number of anilines is 3. The summed E-state index contributed by atoms with van der Waals surface area (Å²) in [6.45, 7) is 6.65. The summed E-state index contributed by atoms with van der Waals surface area (Å²) in [5, 5.41) is 12.7. The SMILES string of the molecule is CC(C)OC1CC(CCN)N(c2ncc(-c3ccnc(Nc4cccc(OC5CCN(C6(C(=O)O)CC6)CC5)c4F)c3)cn2)C1. The largest absolute Gasteiger partial charge is 0.487 e. The molecule has 2 saturated heterocycles. The second-order valence-corrected chi connectivity index (χ2v) is 12.5. The summed E-state index contributed by atoms with van der Waals surface area (Å²) in [6, 6.07) is 8.92. The highest BCUT2D eigenvalue weighted by atomic mass is 19.1. The number of aliphatic carboxylic acids is 1. The van der Waals surface area contributed by atoms with Crippen LogP contribution in [0.3, 0.4) is 0 Å². The number of nitrogens with one attached hydrogen (secondary N) is 1. The molecule has 3 aliphatic rings. The Labute approximate surface area is 263 Å². The lowest BCUT2D eigenvalue weighted by molar-refractivity contribution is -0.146. The average molecular weight is 620 g/mol. The summed E-state index contributed by atoms with van der Waals surface area (Å²) in [6.07, 6.45) is 9.75. The van der Waals surface area contributed by atoms with E-state index in [2.05, 4.69) is 25.2 Å². The lowest BCUT2D eigenvalue weighted by Gasteiger charge is -2.36. The minimum Gasteiger partial charge on any atom is -0.487 e. The fourth-order valence-electron chi connectivity index (χ4n) is 6.57. The van der Waals surface area contributed by atoms with Crippen LogP contribution < -0.4 is 20.7 Å². The highest BCUT2D eigenvalue weighted by molar-refractivity contribution is 5.82. The van der Waals surface area contributed by atoms with Gasteiger partial charge >= 0.3 is 5.97 Å². The summed E-state index contributed by atoms with van der Waals surface area (Å²) < 4.78 is 27.7. The predicted molar refractivity (Wildman–Crippen MR) is 169 cm³/mol. The zero-order valence-electron chi connectivity index (χ0n) is 25.9. The molecule has 2 aliphatic heterocycles. The highest BCUT2D eigenvalue weighted by Gasteiger charge is 2.55. The maximum atomic E-state index is 15.5. The number of rotatable bonds is 12. The number of halogens is 1. The number of benzene rings is 1. The van der Waals surface area contributed by atoms with Gasteiger partial charge in [-0.05, 0) is 88.7 Å². The van der Waals surface area contributed by atoms with Crippen molar-refractivity contribution in [3.05, 3.63) is 54.7 Å². The van der Waals surface area contributed by atoms with Crippen LogP contribution in [-0.4, -0.2) is 87.0 Å². The molecule has 45 heavy (non-hydrogen) atoms. The molecule has 2 aromatic heterocycles. The third-order valence-corrected chi connectivity index (χ3v) is 9.02. The van der Waals surface area contributed by atoms with Crippen molar-refractivity contribution in [3.63, 3.8) is 0 Å². The van der Waals surface area contributed by atoms with Gasteiger partial charge in [0.2, 0.25) is 5.95 Å². The Hall–Kier alpha value is -3.87. The van der Waals surface area contributed by atoms with Gasteiger partial charge < -0.3 is 30.5 Å². The van der Waals surface area contributed by atoms with Gasteiger partial charge in [0.1, 0.15) is 17.5 Å². The van der Waals surface area contributed by atoms with E-state index in [1.807, 2.05) is 30.9 Å². The molecular formula is C33H42FN7O4. The molecule has 0 amide bonds. The number of carboxylic acids is 1. The van der Waals surface area contributed by atoms with Gasteiger partial charge in [0.15, 0.2) is 11.6 Å². The summed E-state index contributed by atoms with van der Waals surface area (Å²) in [7, 11) is 0. The van der Waals surface area contributed by atoms with Gasteiger partial charge in [-0.15, -0.1) is 0 Å². The summed E-state index contributed by atoms with van der Waals surface area (Å²) >= 11 is 0. The Morgan fingerprint density at radius 1 is 1.13 bits per heavy atom. The topological polar surface area (TPSA) is 139 Å². The van der Waals surface area contributed by atoms with Gasteiger partial charge in [0.05, 0.1) is 17.9 Å². The van der Waals surface area contributed by atoms with Crippen LogP contribution in [0.4, 0.5) is 21.8 Å². The molecule has 11 nitrogen and oxygen atoms in total. The number of likely N-dealkylation sites (tertiary alicyclic amines) is 1. The Kier molecular flexibility index (Phi) is 9.16. The van der Waals surface area contributed by atoms with E-state index in [-0.39, 0.29) is 35.8 Å². The first-order chi connectivity index (χ1) is 21.8. The molecule has 1 aliphatic carbocycles. The van der Waals surface area contributed by atoms with Crippen molar-refractivity contribution < 1.29 is 23.8 Å². The zero-order chi connectivity index (χ0) is 31.6. The lowest BCUT2D eigenvalue weighted by Crippen LogP contribution is -2.49. The number of aromatic nitrogens is 3. The van der Waals surface area contributed by atoms with Crippen molar-refractivity contribution >= 4 is 23.4 Å². The van der Waals surface area contributed by atoms with Crippen molar-refractivity contribution in [2.45, 2.75) is 82.3 Å². The van der Waals surface area contributed by atoms with Crippen LogP contribution in [0.25, 0.3) is 11.1 Å². The van der Waals surface area contributed by atoms with E-state index in [0.717, 1.165) is 30.5 Å². The first kappa shape index (κ1) is 31.1. The van der Waals surface area contributed by atoms with Crippen LogP contribution >= 0.6 is 0 Å². The smallest absolute Gasteiger partial charge is 0.324 e. The van der Waals surface area contributed by atoms with Crippen molar-refractivity contribution in [1.29, 1.82) is 0 Å². The monoisotopic (exact) mass is 619 g/mol. The van der Waals surface area contributed by atoms with E-state index in [4.69, 9.17) is 15.2 Å². The molecule has 4 heterocycles. The molecule has 0 bridgehead atoms. The van der Waals surface area contributed by atoms with E-state index in [9.17, 15) is 9.90 Å². The second-order valence-electron chi connectivity index (χ2n) is 12.5. The number of hydrogen-bond donors (Lipinski definition) is 3. The molecule has 2 atom stereocenters. The molecule has 6 rings (SSSR count). The Morgan fingerprint density at radius 2 is 1.89 bits per heavy atom. The van der Waals surface area contributed by atoms with Crippen LogP contribution in [0.1, 0.15) is 52.4 Å². The average Bonchev–Trinajstić information content (AvgIpc) is 3.76. The highest BCUT2D eigenvalue weighted by Crippen LogP contribution is 2.43. The number of carboxylic acid groups (broad SMARTS) is 1. The van der Waals surface area contributed by atoms with Gasteiger partial charge in [-0.3, -0.25) is 9.69 Å². The number of nitrogens with two attached hydrogens (primary N) is 1. The van der Waals surface area contributed by atoms with Gasteiger partial charge in [0.25, 0.3) is 0 Å². The van der Waals surface area contributed by atoms with Crippen LogP contribution in [0.15, 0.2) is 48.9 Å². The zero-order valence-corrected chi connectivity index (χ0v) is 25.9. The number of nitrogens with zero attached hydrogens (tertiary/aromatic N) is 5. The number of ether oxygens (including phenoxy) is 2. The molecule has 0 radical (unpaired) electrons. The normalized spacial score (nSPS) is 21.7. The minimum atomic E-state index is -0.752. The van der Waals surface area contributed by atoms with E-state index >= 15 is 4.39 Å². The van der Waals surface area contributed by atoms with E-state index < -0.39 is 17.3 Å². The van der Waals surface area contributed by atoms with E-state index in [1.165, 1.54) is 0 Å². The summed E-state index contributed by atoms with van der Waals surface area (Å²) in [5.41, 5.74) is 7.09. The molecule has 1 saturated carbocycles. The van der Waals surface area contributed by atoms with Gasteiger partial charge in [-0.25, -0.2) is 19.3 Å². The van der Waals surface area contributed by atoms with Crippen molar-refractivity contribution in [2.75, 3.05) is 36.4 Å². The molecule has 1 aromatic carbocycles. The molecule has 2 unspecified atom stereocenters. The van der Waals surface area contributed by atoms with Crippen LogP contribution in [0.2, 0.25) is 0 Å². The lowest BCUT2D eigenvalue weighted by atomic mass is 10.0. The number of piperidine rings is 1. The number of carbonyl (C=O) groups is 1. The maximum absolute atomic E-state index is 15.5. The first-order valence-electron chi connectivity index (χ1n) is 15.9. The molecular weight excluding hydrogens is 577 g/mol. The predicted octanol–water partition coefficient (Wildman–Crippen LogP) is 4.60. The molecule has 3 aromatic rings.